The summed E-state index contributed by atoms with van der Waals surface area (Å²) in [6.07, 6.45) is 2.30. The molecule has 0 saturated carbocycles. The second-order valence-corrected chi connectivity index (χ2v) is 9.00. The van der Waals surface area contributed by atoms with Crippen LogP contribution in [0.5, 0.6) is 0 Å². The number of nitrogens with one attached hydrogen (secondary N) is 1. The molecule has 0 aromatic heterocycles. The second kappa shape index (κ2) is 9.63. The number of hydrogen-bond donors (Lipinski definition) is 1. The fourth-order valence-corrected chi connectivity index (χ4v) is 4.49. The van der Waals surface area contributed by atoms with Crippen LogP contribution in [0.2, 0.25) is 5.02 Å². The Morgan fingerprint density at radius 3 is 2.61 bits per heavy atom. The highest BCUT2D eigenvalue weighted by molar-refractivity contribution is 7.85. The van der Waals surface area contributed by atoms with E-state index in [0.29, 0.717) is 33.3 Å². The number of rotatable bonds is 7. The van der Waals surface area contributed by atoms with E-state index < -0.39 is 10.8 Å². The summed E-state index contributed by atoms with van der Waals surface area (Å²) in [6, 6.07) is 9.71. The molecule has 150 valence electrons. The summed E-state index contributed by atoms with van der Waals surface area (Å²) < 4.78 is 26.6. The molecular weight excluding hydrogens is 399 g/mol. The lowest BCUT2D eigenvalue weighted by atomic mass is 10.1. The van der Waals surface area contributed by atoms with Crippen LogP contribution in [0, 0.1) is 5.82 Å². The maximum Gasteiger partial charge on any atom is 0.251 e. The number of halogens is 2. The molecular formula is C21H24ClFN2O2S. The lowest BCUT2D eigenvalue weighted by Gasteiger charge is -2.15. The standard InChI is InChI=1S/C21H24ClFN2O2S/c1-2-28(27)20-8-7-18(22)11-17(20)13-24-21(26)15-5-6-16(19(23)12-15)14-25-9-3-4-10-25/h5-8,11-12H,2-4,9-10,13-14H2,1H3,(H,24,26). The highest BCUT2D eigenvalue weighted by atomic mass is 35.5. The lowest BCUT2D eigenvalue weighted by Crippen LogP contribution is -2.24. The van der Waals surface area contributed by atoms with Crippen molar-refractivity contribution in [2.24, 2.45) is 0 Å². The molecule has 28 heavy (non-hydrogen) atoms. The first-order valence-electron chi connectivity index (χ1n) is 9.43. The zero-order valence-corrected chi connectivity index (χ0v) is 17.4. The summed E-state index contributed by atoms with van der Waals surface area (Å²) in [5, 5.41) is 3.28. The summed E-state index contributed by atoms with van der Waals surface area (Å²) >= 11 is 6.04. The number of carbonyl (C=O) groups is 1. The molecule has 1 aliphatic rings. The van der Waals surface area contributed by atoms with Crippen molar-refractivity contribution in [1.29, 1.82) is 0 Å². The molecule has 0 spiro atoms. The molecule has 1 amide bonds. The van der Waals surface area contributed by atoms with Gasteiger partial charge in [0.25, 0.3) is 5.91 Å². The molecule has 1 saturated heterocycles. The quantitative estimate of drug-likeness (QED) is 0.729. The van der Waals surface area contributed by atoms with Crippen LogP contribution in [-0.4, -0.2) is 33.9 Å². The Morgan fingerprint density at radius 1 is 1.18 bits per heavy atom. The van der Waals surface area contributed by atoms with E-state index in [0.717, 1.165) is 25.9 Å². The van der Waals surface area contributed by atoms with Crippen LogP contribution in [-0.2, 0) is 23.9 Å². The third kappa shape index (κ3) is 5.19. The molecule has 1 aliphatic heterocycles. The van der Waals surface area contributed by atoms with Crippen molar-refractivity contribution in [3.63, 3.8) is 0 Å². The third-order valence-electron chi connectivity index (χ3n) is 4.88. The monoisotopic (exact) mass is 422 g/mol. The van der Waals surface area contributed by atoms with Gasteiger partial charge in [0.1, 0.15) is 5.82 Å². The van der Waals surface area contributed by atoms with E-state index >= 15 is 0 Å². The van der Waals surface area contributed by atoms with E-state index in [1.165, 1.54) is 6.07 Å². The van der Waals surface area contributed by atoms with Crippen LogP contribution < -0.4 is 5.32 Å². The number of carbonyl (C=O) groups excluding carboxylic acids is 1. The molecule has 1 fully saturated rings. The van der Waals surface area contributed by atoms with Gasteiger partial charge in [0.15, 0.2) is 0 Å². The summed E-state index contributed by atoms with van der Waals surface area (Å²) in [6.45, 7) is 4.56. The molecule has 1 heterocycles. The minimum atomic E-state index is -1.15. The van der Waals surface area contributed by atoms with E-state index in [2.05, 4.69) is 10.2 Å². The molecule has 7 heteroatoms. The highest BCUT2D eigenvalue weighted by Crippen LogP contribution is 2.20. The maximum atomic E-state index is 14.4. The normalized spacial score (nSPS) is 15.5. The van der Waals surface area contributed by atoms with Gasteiger partial charge in [-0.1, -0.05) is 24.6 Å². The van der Waals surface area contributed by atoms with Crippen molar-refractivity contribution in [1.82, 2.24) is 10.2 Å². The van der Waals surface area contributed by atoms with E-state index in [-0.39, 0.29) is 23.8 Å². The average Bonchev–Trinajstić information content (AvgIpc) is 3.20. The Labute approximate surface area is 172 Å². The topological polar surface area (TPSA) is 49.4 Å². The molecule has 0 bridgehead atoms. The summed E-state index contributed by atoms with van der Waals surface area (Å²) in [4.78, 5) is 15.3. The fourth-order valence-electron chi connectivity index (χ4n) is 3.34. The first kappa shape index (κ1) is 21.0. The van der Waals surface area contributed by atoms with Gasteiger partial charge in [-0.3, -0.25) is 13.9 Å². The van der Waals surface area contributed by atoms with Gasteiger partial charge >= 0.3 is 0 Å². The number of amides is 1. The zero-order chi connectivity index (χ0) is 20.1. The van der Waals surface area contributed by atoms with Crippen LogP contribution in [0.25, 0.3) is 0 Å². The number of nitrogens with zero attached hydrogens (tertiary/aromatic N) is 1. The molecule has 1 atom stereocenters. The van der Waals surface area contributed by atoms with Gasteiger partial charge in [-0.2, -0.15) is 0 Å². The van der Waals surface area contributed by atoms with Gasteiger partial charge in [-0.15, -0.1) is 0 Å². The van der Waals surface area contributed by atoms with Crippen molar-refractivity contribution in [2.45, 2.75) is 37.8 Å². The predicted molar refractivity (Wildman–Crippen MR) is 110 cm³/mol. The van der Waals surface area contributed by atoms with Crippen LogP contribution in [0.15, 0.2) is 41.3 Å². The SMILES string of the molecule is CCS(=O)c1ccc(Cl)cc1CNC(=O)c1ccc(CN2CCCC2)c(F)c1. The Balaban J connectivity index is 1.67. The molecule has 1 N–H and O–H groups in total. The fraction of sp³-hybridized carbons (Fsp3) is 0.381. The predicted octanol–water partition coefficient (Wildman–Crippen LogP) is 4.13. The van der Waals surface area contributed by atoms with Gasteiger partial charge in [-0.05, 0) is 61.8 Å². The maximum absolute atomic E-state index is 14.4. The highest BCUT2D eigenvalue weighted by Gasteiger charge is 2.16. The lowest BCUT2D eigenvalue weighted by molar-refractivity contribution is 0.0950. The number of likely N-dealkylation sites (tertiary alicyclic amines) is 1. The van der Waals surface area contributed by atoms with Crippen LogP contribution >= 0.6 is 11.6 Å². The van der Waals surface area contributed by atoms with E-state index in [9.17, 15) is 13.4 Å². The van der Waals surface area contributed by atoms with Gasteiger partial charge in [-0.25, -0.2) is 4.39 Å². The van der Waals surface area contributed by atoms with Crippen molar-refractivity contribution in [3.8, 4) is 0 Å². The summed E-state index contributed by atoms with van der Waals surface area (Å²) in [7, 11) is -1.15. The molecule has 2 aromatic rings. The van der Waals surface area contributed by atoms with Crippen LogP contribution in [0.1, 0.15) is 41.3 Å². The average molecular weight is 423 g/mol. The van der Waals surface area contributed by atoms with Gasteiger partial charge < -0.3 is 5.32 Å². The van der Waals surface area contributed by atoms with Crippen molar-refractivity contribution < 1.29 is 13.4 Å². The third-order valence-corrected chi connectivity index (χ3v) is 6.53. The molecule has 1 unspecified atom stereocenters. The smallest absolute Gasteiger partial charge is 0.251 e. The molecule has 3 rings (SSSR count). The first-order valence-corrected chi connectivity index (χ1v) is 11.1. The minimum Gasteiger partial charge on any atom is -0.348 e. The van der Waals surface area contributed by atoms with E-state index in [1.54, 1.807) is 30.3 Å². The van der Waals surface area contributed by atoms with Crippen molar-refractivity contribution in [3.05, 3.63) is 63.9 Å². The van der Waals surface area contributed by atoms with Crippen LogP contribution in [0.3, 0.4) is 0 Å². The van der Waals surface area contributed by atoms with Crippen LogP contribution in [0.4, 0.5) is 4.39 Å². The molecule has 0 radical (unpaired) electrons. The van der Waals surface area contributed by atoms with Gasteiger partial charge in [0.2, 0.25) is 0 Å². The Bertz CT molecular complexity index is 885. The van der Waals surface area contributed by atoms with Gasteiger partial charge in [0, 0.05) is 39.9 Å². The largest absolute Gasteiger partial charge is 0.348 e. The van der Waals surface area contributed by atoms with E-state index in [1.807, 2.05) is 6.92 Å². The Hall–Kier alpha value is -1.76. The number of benzene rings is 2. The van der Waals surface area contributed by atoms with Crippen molar-refractivity contribution in [2.75, 3.05) is 18.8 Å². The van der Waals surface area contributed by atoms with E-state index in [4.69, 9.17) is 11.6 Å². The summed E-state index contributed by atoms with van der Waals surface area (Å²) in [5.74, 6) is -0.262. The van der Waals surface area contributed by atoms with Gasteiger partial charge in [0.05, 0.1) is 10.8 Å². The Kier molecular flexibility index (Phi) is 7.21. The Morgan fingerprint density at radius 2 is 1.93 bits per heavy atom. The zero-order valence-electron chi connectivity index (χ0n) is 15.8. The molecule has 4 nitrogen and oxygen atoms in total. The second-order valence-electron chi connectivity index (χ2n) is 6.86. The first-order chi connectivity index (χ1) is 13.5. The minimum absolute atomic E-state index is 0.178. The summed E-state index contributed by atoms with van der Waals surface area (Å²) in [5.41, 5.74) is 1.57. The molecule has 0 aliphatic carbocycles. The molecule has 2 aromatic carbocycles. The van der Waals surface area contributed by atoms with Crippen molar-refractivity contribution >= 4 is 28.3 Å². The number of hydrogen-bond acceptors (Lipinski definition) is 3.